The van der Waals surface area contributed by atoms with Gasteiger partial charge < -0.3 is 23.7 Å². The maximum atomic E-state index is 5.62. The lowest BCUT2D eigenvalue weighted by atomic mass is 9.92. The topological polar surface area (TPSA) is 49.5 Å². The molecule has 0 aromatic heterocycles. The van der Waals surface area contributed by atoms with E-state index in [-0.39, 0.29) is 5.92 Å². The molecule has 0 bridgehead atoms. The number of methoxy groups -OCH3 is 3. The van der Waals surface area contributed by atoms with Crippen molar-refractivity contribution in [3.8, 4) is 0 Å². The Morgan fingerprint density at radius 2 is 1.44 bits per heavy atom. The van der Waals surface area contributed by atoms with Crippen molar-refractivity contribution in [3.63, 3.8) is 0 Å². The molecule has 0 aromatic carbocycles. The van der Waals surface area contributed by atoms with Gasteiger partial charge in [0.1, 0.15) is 6.10 Å². The second-order valence-electron chi connectivity index (χ2n) is 7.00. The van der Waals surface area contributed by atoms with Gasteiger partial charge in [-0.05, 0) is 19.3 Å². The Morgan fingerprint density at radius 1 is 0.880 bits per heavy atom. The Kier molecular flexibility index (Phi) is 12.7. The largest absolute Gasteiger partial charge is 0.379 e. The van der Waals surface area contributed by atoms with Crippen molar-refractivity contribution >= 4 is 0 Å². The van der Waals surface area contributed by atoms with E-state index in [1.54, 1.807) is 21.3 Å². The number of rotatable bonds is 18. The zero-order valence-electron chi connectivity index (χ0n) is 16.9. The zero-order chi connectivity index (χ0) is 18.4. The maximum absolute atomic E-state index is 5.62. The summed E-state index contributed by atoms with van der Waals surface area (Å²) in [5.41, 5.74) is 0. The molecule has 1 heterocycles. The number of unbranched alkanes of at least 4 members (excludes halogenated alkanes) is 6. The van der Waals surface area contributed by atoms with E-state index < -0.39 is 5.97 Å². The van der Waals surface area contributed by atoms with Crippen LogP contribution in [0.1, 0.15) is 71.1 Å². The molecule has 5 heteroatoms. The molecular formula is C20H40O5. The molecule has 1 saturated heterocycles. The van der Waals surface area contributed by atoms with Crippen LogP contribution >= 0.6 is 0 Å². The molecule has 1 fully saturated rings. The molecule has 5 nitrogen and oxygen atoms in total. The third-order valence-corrected chi connectivity index (χ3v) is 5.06. The van der Waals surface area contributed by atoms with E-state index in [4.69, 9.17) is 23.7 Å². The van der Waals surface area contributed by atoms with Gasteiger partial charge >= 0.3 is 0 Å². The van der Waals surface area contributed by atoms with Crippen LogP contribution in [0.2, 0.25) is 0 Å². The number of ether oxygens (including phenoxy) is 5. The molecule has 1 aliphatic heterocycles. The predicted molar refractivity (Wildman–Crippen MR) is 99.7 cm³/mol. The molecule has 0 radical (unpaired) electrons. The summed E-state index contributed by atoms with van der Waals surface area (Å²) < 4.78 is 27.6. The van der Waals surface area contributed by atoms with Gasteiger partial charge in [0.05, 0.1) is 13.2 Å². The lowest BCUT2D eigenvalue weighted by Crippen LogP contribution is -2.44. The van der Waals surface area contributed by atoms with E-state index in [0.29, 0.717) is 6.10 Å². The van der Waals surface area contributed by atoms with Gasteiger partial charge in [-0.3, -0.25) is 0 Å². The lowest BCUT2D eigenvalue weighted by Gasteiger charge is -2.36. The molecule has 0 spiro atoms. The third kappa shape index (κ3) is 9.34. The molecule has 1 unspecified atom stereocenters. The normalized spacial score (nSPS) is 18.5. The van der Waals surface area contributed by atoms with Gasteiger partial charge in [-0.25, -0.2) is 0 Å². The smallest absolute Gasteiger partial charge is 0.285 e. The van der Waals surface area contributed by atoms with Crippen LogP contribution in [0.3, 0.4) is 0 Å². The highest BCUT2D eigenvalue weighted by Crippen LogP contribution is 2.32. The van der Waals surface area contributed by atoms with Gasteiger partial charge in [0, 0.05) is 33.9 Å². The summed E-state index contributed by atoms with van der Waals surface area (Å²) in [6.07, 6.45) is 12.3. The van der Waals surface area contributed by atoms with Crippen LogP contribution in [0.5, 0.6) is 0 Å². The minimum absolute atomic E-state index is 0.241. The van der Waals surface area contributed by atoms with Crippen LogP contribution in [0.25, 0.3) is 0 Å². The van der Waals surface area contributed by atoms with Crippen molar-refractivity contribution < 1.29 is 23.7 Å². The molecule has 0 aliphatic carbocycles. The van der Waals surface area contributed by atoms with Crippen LogP contribution in [-0.4, -0.2) is 53.2 Å². The molecule has 0 N–H and O–H groups in total. The third-order valence-electron chi connectivity index (χ3n) is 5.06. The number of hydrogen-bond donors (Lipinski definition) is 0. The molecule has 2 atom stereocenters. The summed E-state index contributed by atoms with van der Waals surface area (Å²) >= 11 is 0. The molecular weight excluding hydrogens is 320 g/mol. The first-order chi connectivity index (χ1) is 12.2. The number of hydrogen-bond acceptors (Lipinski definition) is 5. The van der Waals surface area contributed by atoms with Crippen LogP contribution in [0, 0.1) is 5.92 Å². The van der Waals surface area contributed by atoms with E-state index in [9.17, 15) is 0 Å². The van der Waals surface area contributed by atoms with Gasteiger partial charge in [0.25, 0.3) is 5.97 Å². The monoisotopic (exact) mass is 360 g/mol. The van der Waals surface area contributed by atoms with Gasteiger partial charge in [-0.15, -0.1) is 0 Å². The fourth-order valence-corrected chi connectivity index (χ4v) is 3.39. The summed E-state index contributed by atoms with van der Waals surface area (Å²) in [5, 5.41) is 0. The van der Waals surface area contributed by atoms with E-state index in [1.165, 1.54) is 38.5 Å². The summed E-state index contributed by atoms with van der Waals surface area (Å²) in [6, 6.07) is 0. The van der Waals surface area contributed by atoms with Crippen molar-refractivity contribution in [3.05, 3.63) is 0 Å². The summed E-state index contributed by atoms with van der Waals surface area (Å²) in [7, 11) is 5.00. The molecule has 0 aromatic rings. The molecule has 25 heavy (non-hydrogen) atoms. The summed E-state index contributed by atoms with van der Waals surface area (Å²) in [5.74, 6) is -0.683. The van der Waals surface area contributed by atoms with Gasteiger partial charge in [0.15, 0.2) is 0 Å². The predicted octanol–water partition coefficient (Wildman–Crippen LogP) is 4.53. The maximum Gasteiger partial charge on any atom is 0.285 e. The number of epoxide rings is 1. The highest BCUT2D eigenvalue weighted by atomic mass is 16.9. The highest BCUT2D eigenvalue weighted by Gasteiger charge is 2.39. The van der Waals surface area contributed by atoms with Crippen molar-refractivity contribution in [2.45, 2.75) is 83.2 Å². The van der Waals surface area contributed by atoms with Crippen molar-refractivity contribution in [1.29, 1.82) is 0 Å². The summed E-state index contributed by atoms with van der Waals surface area (Å²) in [4.78, 5) is 0. The van der Waals surface area contributed by atoms with E-state index in [2.05, 4.69) is 6.92 Å². The molecule has 150 valence electrons. The average Bonchev–Trinajstić information content (AvgIpc) is 3.46. The molecule has 0 saturated carbocycles. The van der Waals surface area contributed by atoms with Crippen LogP contribution < -0.4 is 0 Å². The fraction of sp³-hybridized carbons (Fsp3) is 1.00. The minimum atomic E-state index is -0.924. The van der Waals surface area contributed by atoms with E-state index >= 15 is 0 Å². The molecule has 1 rings (SSSR count). The van der Waals surface area contributed by atoms with E-state index in [0.717, 1.165) is 45.5 Å². The van der Waals surface area contributed by atoms with Crippen LogP contribution in [0.4, 0.5) is 0 Å². The van der Waals surface area contributed by atoms with Crippen molar-refractivity contribution in [2.75, 3.05) is 41.2 Å². The first-order valence-corrected chi connectivity index (χ1v) is 10.1. The fourth-order valence-electron chi connectivity index (χ4n) is 3.39. The van der Waals surface area contributed by atoms with Gasteiger partial charge in [0.2, 0.25) is 0 Å². The Hall–Kier alpha value is -0.200. The highest BCUT2D eigenvalue weighted by molar-refractivity contribution is 4.72. The minimum Gasteiger partial charge on any atom is -0.379 e. The lowest BCUT2D eigenvalue weighted by molar-refractivity contribution is -0.380. The second-order valence-corrected chi connectivity index (χ2v) is 7.00. The van der Waals surface area contributed by atoms with Gasteiger partial charge in [-0.1, -0.05) is 51.9 Å². The first-order valence-electron chi connectivity index (χ1n) is 10.1. The quantitative estimate of drug-likeness (QED) is 0.204. The van der Waals surface area contributed by atoms with Gasteiger partial charge in [-0.2, -0.15) is 0 Å². The second kappa shape index (κ2) is 13.9. The zero-order valence-corrected chi connectivity index (χ0v) is 16.9. The van der Waals surface area contributed by atoms with Crippen LogP contribution in [0.15, 0.2) is 0 Å². The molecule has 0 amide bonds. The average molecular weight is 361 g/mol. The van der Waals surface area contributed by atoms with Crippen molar-refractivity contribution in [2.24, 2.45) is 5.92 Å². The van der Waals surface area contributed by atoms with Crippen molar-refractivity contribution in [1.82, 2.24) is 0 Å². The summed E-state index contributed by atoms with van der Waals surface area (Å²) in [6.45, 7) is 4.64. The Morgan fingerprint density at radius 3 is 2.00 bits per heavy atom. The standard InChI is InChI=1S/C20H40O5/c1-5-6-7-8-9-10-13-18(20(21-2,22-3)23-4)14-11-12-15-24-16-19-17-25-19/h18-19H,5-17H2,1-4H3/t18-,19?/m1/s1. The molecule has 1 aliphatic rings. The first kappa shape index (κ1) is 22.8. The van der Waals surface area contributed by atoms with E-state index in [1.807, 2.05) is 0 Å². The Labute approximate surface area is 154 Å². The Bertz CT molecular complexity index is 294. The Balaban J connectivity index is 2.29. The van der Waals surface area contributed by atoms with Crippen LogP contribution in [-0.2, 0) is 23.7 Å². The SMILES string of the molecule is CCCCCCCC[C@H](CCCCOCC1CO1)C(OC)(OC)OC.